The van der Waals surface area contributed by atoms with Crippen LogP contribution in [0.4, 0.5) is 18.9 Å². The molecule has 0 saturated carbocycles. The SMILES string of the molecule is COc1ccc(C(=O)c2ccccc2C(F)(F)F)c(N)c1. The van der Waals surface area contributed by atoms with Crippen molar-refractivity contribution in [3.05, 3.63) is 59.2 Å². The van der Waals surface area contributed by atoms with Gasteiger partial charge in [0, 0.05) is 22.9 Å². The van der Waals surface area contributed by atoms with Crippen LogP contribution < -0.4 is 10.5 Å². The van der Waals surface area contributed by atoms with E-state index in [-0.39, 0.29) is 11.3 Å². The maximum absolute atomic E-state index is 12.9. The normalized spacial score (nSPS) is 11.2. The van der Waals surface area contributed by atoms with E-state index in [9.17, 15) is 18.0 Å². The second-order valence-electron chi connectivity index (χ2n) is 4.33. The van der Waals surface area contributed by atoms with Crippen molar-refractivity contribution in [3.63, 3.8) is 0 Å². The predicted octanol–water partition coefficient (Wildman–Crippen LogP) is 3.53. The molecule has 21 heavy (non-hydrogen) atoms. The summed E-state index contributed by atoms with van der Waals surface area (Å²) in [5.74, 6) is -0.351. The standard InChI is InChI=1S/C15H12F3NO2/c1-21-9-6-7-11(13(19)8-9)14(20)10-4-2-3-5-12(10)15(16,17)18/h2-8H,19H2,1H3. The van der Waals surface area contributed by atoms with Gasteiger partial charge in [-0.2, -0.15) is 13.2 Å². The number of halogens is 3. The van der Waals surface area contributed by atoms with Crippen LogP contribution >= 0.6 is 0 Å². The Bertz CT molecular complexity index is 681. The molecular formula is C15H12F3NO2. The smallest absolute Gasteiger partial charge is 0.417 e. The minimum absolute atomic E-state index is 0.00694. The van der Waals surface area contributed by atoms with Gasteiger partial charge in [0.1, 0.15) is 5.75 Å². The number of rotatable bonds is 3. The third kappa shape index (κ3) is 2.99. The van der Waals surface area contributed by atoms with E-state index in [1.807, 2.05) is 0 Å². The van der Waals surface area contributed by atoms with E-state index in [1.54, 1.807) is 0 Å². The van der Waals surface area contributed by atoms with Gasteiger partial charge in [0.15, 0.2) is 5.78 Å². The van der Waals surface area contributed by atoms with E-state index in [0.717, 1.165) is 12.1 Å². The highest BCUT2D eigenvalue weighted by Gasteiger charge is 2.35. The minimum Gasteiger partial charge on any atom is -0.497 e. The molecule has 6 heteroatoms. The summed E-state index contributed by atoms with van der Waals surface area (Å²) in [6.07, 6.45) is -4.60. The van der Waals surface area contributed by atoms with Gasteiger partial charge in [-0.3, -0.25) is 4.79 Å². The number of anilines is 1. The lowest BCUT2D eigenvalue weighted by Gasteiger charge is -2.13. The van der Waals surface area contributed by atoms with E-state index in [2.05, 4.69) is 0 Å². The van der Waals surface area contributed by atoms with Crippen LogP contribution in [0.5, 0.6) is 5.75 Å². The largest absolute Gasteiger partial charge is 0.497 e. The van der Waals surface area contributed by atoms with Gasteiger partial charge in [-0.05, 0) is 18.2 Å². The van der Waals surface area contributed by atoms with Crippen LogP contribution in [0, 0.1) is 0 Å². The molecule has 0 saturated heterocycles. The molecule has 0 atom stereocenters. The number of hydrogen-bond acceptors (Lipinski definition) is 3. The number of nitrogens with two attached hydrogens (primary N) is 1. The van der Waals surface area contributed by atoms with Crippen molar-refractivity contribution in [3.8, 4) is 5.75 Å². The van der Waals surface area contributed by atoms with Gasteiger partial charge < -0.3 is 10.5 Å². The Labute approximate surface area is 119 Å². The molecule has 110 valence electrons. The van der Waals surface area contributed by atoms with Crippen LogP contribution in [-0.2, 0) is 6.18 Å². The molecule has 0 spiro atoms. The molecule has 0 aliphatic heterocycles. The number of ketones is 1. The summed E-state index contributed by atoms with van der Waals surface area (Å²) < 4.78 is 43.8. The fourth-order valence-electron chi connectivity index (χ4n) is 1.95. The lowest BCUT2D eigenvalue weighted by Crippen LogP contribution is -2.14. The van der Waals surface area contributed by atoms with Crippen molar-refractivity contribution >= 4 is 11.5 Å². The maximum Gasteiger partial charge on any atom is 0.417 e. The molecule has 0 heterocycles. The van der Waals surface area contributed by atoms with Gasteiger partial charge in [0.2, 0.25) is 0 Å². The number of hydrogen-bond donors (Lipinski definition) is 1. The van der Waals surface area contributed by atoms with Crippen molar-refractivity contribution in [2.24, 2.45) is 0 Å². The number of methoxy groups -OCH3 is 1. The highest BCUT2D eigenvalue weighted by atomic mass is 19.4. The van der Waals surface area contributed by atoms with Gasteiger partial charge in [-0.25, -0.2) is 0 Å². The average molecular weight is 295 g/mol. The summed E-state index contributed by atoms with van der Waals surface area (Å²) in [6.45, 7) is 0. The summed E-state index contributed by atoms with van der Waals surface area (Å²) in [4.78, 5) is 12.3. The van der Waals surface area contributed by atoms with Crippen molar-refractivity contribution in [1.82, 2.24) is 0 Å². The molecule has 0 bridgehead atoms. The van der Waals surface area contributed by atoms with Crippen molar-refractivity contribution in [1.29, 1.82) is 0 Å². The monoisotopic (exact) mass is 295 g/mol. The molecule has 2 aromatic carbocycles. The average Bonchev–Trinajstić information content (AvgIpc) is 2.45. The maximum atomic E-state index is 12.9. The Morgan fingerprint density at radius 2 is 1.76 bits per heavy atom. The number of ether oxygens (including phenoxy) is 1. The van der Waals surface area contributed by atoms with Crippen LogP contribution in [-0.4, -0.2) is 12.9 Å². The first-order valence-electron chi connectivity index (χ1n) is 5.99. The van der Waals surface area contributed by atoms with Crippen molar-refractivity contribution in [2.75, 3.05) is 12.8 Å². The molecule has 0 radical (unpaired) electrons. The number of benzene rings is 2. The topological polar surface area (TPSA) is 52.3 Å². The van der Waals surface area contributed by atoms with Crippen LogP contribution in [0.3, 0.4) is 0 Å². The first-order chi connectivity index (χ1) is 9.84. The van der Waals surface area contributed by atoms with Crippen molar-refractivity contribution < 1.29 is 22.7 Å². The zero-order chi connectivity index (χ0) is 15.6. The number of carbonyl (C=O) groups is 1. The highest BCUT2D eigenvalue weighted by Crippen LogP contribution is 2.33. The second kappa shape index (κ2) is 5.47. The Hall–Kier alpha value is -2.50. The predicted molar refractivity (Wildman–Crippen MR) is 72.3 cm³/mol. The van der Waals surface area contributed by atoms with Gasteiger partial charge in [-0.15, -0.1) is 0 Å². The Kier molecular flexibility index (Phi) is 3.88. The van der Waals surface area contributed by atoms with Crippen LogP contribution in [0.2, 0.25) is 0 Å². The highest BCUT2D eigenvalue weighted by molar-refractivity contribution is 6.13. The number of nitrogen functional groups attached to an aromatic ring is 1. The quantitative estimate of drug-likeness (QED) is 0.696. The van der Waals surface area contributed by atoms with Crippen LogP contribution in [0.1, 0.15) is 21.5 Å². The molecule has 3 nitrogen and oxygen atoms in total. The summed E-state index contributed by atoms with van der Waals surface area (Å²) in [7, 11) is 1.43. The molecule has 2 rings (SSSR count). The first-order valence-corrected chi connectivity index (χ1v) is 5.99. The lowest BCUT2D eigenvalue weighted by molar-refractivity contribution is -0.137. The minimum atomic E-state index is -4.60. The van der Waals surface area contributed by atoms with Gasteiger partial charge >= 0.3 is 6.18 Å². The Balaban J connectivity index is 2.51. The van der Waals surface area contributed by atoms with Crippen LogP contribution in [0.25, 0.3) is 0 Å². The van der Waals surface area contributed by atoms with E-state index in [4.69, 9.17) is 10.5 Å². The number of carbonyl (C=O) groups excluding carboxylic acids is 1. The molecule has 0 aromatic heterocycles. The zero-order valence-electron chi connectivity index (χ0n) is 11.1. The third-order valence-corrected chi connectivity index (χ3v) is 2.98. The molecule has 0 unspecified atom stereocenters. The fourth-order valence-corrected chi connectivity index (χ4v) is 1.95. The Morgan fingerprint density at radius 1 is 1.10 bits per heavy atom. The van der Waals surface area contributed by atoms with Gasteiger partial charge in [0.25, 0.3) is 0 Å². The summed E-state index contributed by atoms with van der Waals surface area (Å²) in [5, 5.41) is 0. The third-order valence-electron chi connectivity index (χ3n) is 2.98. The van der Waals surface area contributed by atoms with E-state index in [1.165, 1.54) is 37.4 Å². The van der Waals surface area contributed by atoms with E-state index >= 15 is 0 Å². The Morgan fingerprint density at radius 3 is 2.33 bits per heavy atom. The van der Waals surface area contributed by atoms with Gasteiger partial charge in [-0.1, -0.05) is 18.2 Å². The van der Waals surface area contributed by atoms with E-state index < -0.39 is 23.1 Å². The number of alkyl halides is 3. The van der Waals surface area contributed by atoms with Crippen LogP contribution in [0.15, 0.2) is 42.5 Å². The fraction of sp³-hybridized carbons (Fsp3) is 0.133. The molecule has 0 amide bonds. The molecule has 2 N–H and O–H groups in total. The summed E-state index contributed by atoms with van der Waals surface area (Å²) in [6, 6.07) is 8.83. The second-order valence-corrected chi connectivity index (χ2v) is 4.33. The zero-order valence-corrected chi connectivity index (χ0v) is 11.1. The van der Waals surface area contributed by atoms with Gasteiger partial charge in [0.05, 0.1) is 12.7 Å². The molecule has 0 aliphatic rings. The van der Waals surface area contributed by atoms with E-state index in [0.29, 0.717) is 5.75 Å². The summed E-state index contributed by atoms with van der Waals surface area (Å²) >= 11 is 0. The first kappa shape index (κ1) is 14.9. The molecule has 2 aromatic rings. The van der Waals surface area contributed by atoms with Crippen molar-refractivity contribution in [2.45, 2.75) is 6.18 Å². The molecule has 0 aliphatic carbocycles. The summed E-state index contributed by atoms with van der Waals surface area (Å²) in [5.41, 5.74) is 4.38. The molecular weight excluding hydrogens is 283 g/mol. The molecule has 0 fully saturated rings. The lowest BCUT2D eigenvalue weighted by atomic mass is 9.97.